The van der Waals surface area contributed by atoms with Crippen molar-refractivity contribution in [1.82, 2.24) is 9.62 Å². The van der Waals surface area contributed by atoms with E-state index in [1.807, 2.05) is 6.92 Å². The van der Waals surface area contributed by atoms with Gasteiger partial charge in [-0.1, -0.05) is 19.4 Å². The lowest BCUT2D eigenvalue weighted by molar-refractivity contribution is 0.0951. The van der Waals surface area contributed by atoms with Crippen LogP contribution >= 0.6 is 0 Å². The fourth-order valence-electron chi connectivity index (χ4n) is 3.13. The number of benzene rings is 1. The number of nitrogens with one attached hydrogen (secondary N) is 1. The lowest BCUT2D eigenvalue weighted by atomic mass is 10.0. The van der Waals surface area contributed by atoms with E-state index in [2.05, 4.69) is 5.32 Å². The third-order valence-corrected chi connectivity index (χ3v) is 6.61. The summed E-state index contributed by atoms with van der Waals surface area (Å²) in [4.78, 5) is 12.4. The molecule has 6 heteroatoms. The van der Waals surface area contributed by atoms with Crippen molar-refractivity contribution < 1.29 is 13.2 Å². The molecule has 1 heterocycles. The molecule has 3 rings (SSSR count). The van der Waals surface area contributed by atoms with Crippen LogP contribution < -0.4 is 5.32 Å². The van der Waals surface area contributed by atoms with Crippen LogP contribution in [-0.2, 0) is 10.0 Å². The van der Waals surface area contributed by atoms with Gasteiger partial charge in [0.1, 0.15) is 0 Å². The highest BCUT2D eigenvalue weighted by Gasteiger charge is 2.33. The molecule has 0 aromatic heterocycles. The Labute approximate surface area is 138 Å². The van der Waals surface area contributed by atoms with Crippen molar-refractivity contribution >= 4 is 15.9 Å². The Balaban J connectivity index is 1.85. The smallest absolute Gasteiger partial charge is 0.251 e. The largest absolute Gasteiger partial charge is 0.349 e. The molecule has 1 atom stereocenters. The SMILES string of the molecule is CCC1CCCCN1S(=O)(=O)c1cccc(C(=O)NC2CC2)c1. The second kappa shape index (κ2) is 6.61. The highest BCUT2D eigenvalue weighted by molar-refractivity contribution is 7.89. The van der Waals surface area contributed by atoms with E-state index in [9.17, 15) is 13.2 Å². The van der Waals surface area contributed by atoms with Gasteiger partial charge in [-0.2, -0.15) is 4.31 Å². The number of carbonyl (C=O) groups is 1. The monoisotopic (exact) mass is 336 g/mol. The second-order valence-corrected chi connectivity index (χ2v) is 8.34. The molecule has 0 bridgehead atoms. The standard InChI is InChI=1S/C17H24N2O3S/c1-2-15-7-3-4-11-19(15)23(21,22)16-8-5-6-13(12-16)17(20)18-14-9-10-14/h5-6,8,12,14-15H,2-4,7,9-11H2,1H3,(H,18,20). The van der Waals surface area contributed by atoms with Crippen molar-refractivity contribution in [2.24, 2.45) is 0 Å². The van der Waals surface area contributed by atoms with E-state index in [0.29, 0.717) is 12.1 Å². The summed E-state index contributed by atoms with van der Waals surface area (Å²) in [5.41, 5.74) is 0.419. The normalized spacial score (nSPS) is 22.7. The average molecular weight is 336 g/mol. The Hall–Kier alpha value is -1.40. The van der Waals surface area contributed by atoms with Crippen LogP contribution in [0.25, 0.3) is 0 Å². The van der Waals surface area contributed by atoms with Crippen LogP contribution in [0, 0.1) is 0 Å². The highest BCUT2D eigenvalue weighted by atomic mass is 32.2. The maximum atomic E-state index is 13.0. The van der Waals surface area contributed by atoms with Crippen molar-refractivity contribution in [1.29, 1.82) is 0 Å². The quantitative estimate of drug-likeness (QED) is 0.898. The van der Waals surface area contributed by atoms with Gasteiger partial charge in [0.2, 0.25) is 10.0 Å². The molecule has 1 amide bonds. The first-order valence-electron chi connectivity index (χ1n) is 8.45. The molecule has 5 nitrogen and oxygen atoms in total. The van der Waals surface area contributed by atoms with Crippen LogP contribution in [-0.4, -0.2) is 37.3 Å². The Morgan fingerprint density at radius 1 is 1.26 bits per heavy atom. The first kappa shape index (κ1) is 16.5. The predicted octanol–water partition coefficient (Wildman–Crippen LogP) is 2.53. The average Bonchev–Trinajstić information content (AvgIpc) is 3.39. The molecular weight excluding hydrogens is 312 g/mol. The number of sulfonamides is 1. The van der Waals surface area contributed by atoms with Crippen LogP contribution in [0.1, 0.15) is 55.8 Å². The number of piperidine rings is 1. The predicted molar refractivity (Wildman–Crippen MR) is 88.8 cm³/mol. The number of carbonyl (C=O) groups excluding carboxylic acids is 1. The van der Waals surface area contributed by atoms with E-state index in [1.54, 1.807) is 22.5 Å². The minimum atomic E-state index is -3.54. The maximum Gasteiger partial charge on any atom is 0.251 e. The molecule has 23 heavy (non-hydrogen) atoms. The first-order chi connectivity index (χ1) is 11.0. The number of rotatable bonds is 5. The highest BCUT2D eigenvalue weighted by Crippen LogP contribution is 2.27. The van der Waals surface area contributed by atoms with Crippen LogP contribution in [0.4, 0.5) is 0 Å². The molecule has 1 aliphatic heterocycles. The van der Waals surface area contributed by atoms with Gasteiger partial charge < -0.3 is 5.32 Å². The van der Waals surface area contributed by atoms with Crippen molar-refractivity contribution in [2.45, 2.75) is 62.4 Å². The molecular formula is C17H24N2O3S. The Morgan fingerprint density at radius 2 is 2.04 bits per heavy atom. The van der Waals surface area contributed by atoms with Crippen LogP contribution in [0.3, 0.4) is 0 Å². The Kier molecular flexibility index (Phi) is 4.73. The minimum Gasteiger partial charge on any atom is -0.349 e. The summed E-state index contributed by atoms with van der Waals surface area (Å²) in [5, 5.41) is 2.90. The molecule has 1 N–H and O–H groups in total. The van der Waals surface area contributed by atoms with Gasteiger partial charge >= 0.3 is 0 Å². The lowest BCUT2D eigenvalue weighted by Gasteiger charge is -2.34. The minimum absolute atomic E-state index is 0.0673. The molecule has 1 unspecified atom stereocenters. The van der Waals surface area contributed by atoms with Gasteiger partial charge in [0.05, 0.1) is 4.90 Å². The summed E-state index contributed by atoms with van der Waals surface area (Å²) in [6, 6.07) is 6.75. The van der Waals surface area contributed by atoms with E-state index in [4.69, 9.17) is 0 Å². The number of nitrogens with zero attached hydrogens (tertiary/aromatic N) is 1. The van der Waals surface area contributed by atoms with Gasteiger partial charge in [-0.05, 0) is 50.3 Å². The summed E-state index contributed by atoms with van der Waals surface area (Å²) in [6.45, 7) is 2.59. The van der Waals surface area contributed by atoms with Gasteiger partial charge in [0, 0.05) is 24.2 Å². The van der Waals surface area contributed by atoms with Crippen LogP contribution in [0.5, 0.6) is 0 Å². The fraction of sp³-hybridized carbons (Fsp3) is 0.588. The maximum absolute atomic E-state index is 13.0. The van der Waals surface area contributed by atoms with Gasteiger partial charge in [0.25, 0.3) is 5.91 Å². The Bertz CT molecular complexity index is 683. The summed E-state index contributed by atoms with van der Waals surface area (Å²) in [6.07, 6.45) is 5.73. The fourth-order valence-corrected chi connectivity index (χ4v) is 4.94. The zero-order valence-electron chi connectivity index (χ0n) is 13.5. The molecule has 2 fully saturated rings. The molecule has 2 aliphatic rings. The van der Waals surface area contributed by atoms with Gasteiger partial charge in [0.15, 0.2) is 0 Å². The van der Waals surface area contributed by atoms with Crippen LogP contribution in [0.2, 0.25) is 0 Å². The summed E-state index contributed by atoms with van der Waals surface area (Å²) < 4.78 is 27.5. The van der Waals surface area contributed by atoms with E-state index in [0.717, 1.165) is 38.5 Å². The van der Waals surface area contributed by atoms with E-state index in [1.165, 1.54) is 6.07 Å². The van der Waals surface area contributed by atoms with Crippen molar-refractivity contribution in [2.75, 3.05) is 6.54 Å². The summed E-state index contributed by atoms with van der Waals surface area (Å²) in [5.74, 6) is -0.185. The van der Waals surface area contributed by atoms with Crippen molar-refractivity contribution in [3.8, 4) is 0 Å². The lowest BCUT2D eigenvalue weighted by Crippen LogP contribution is -2.43. The molecule has 1 aromatic carbocycles. The summed E-state index contributed by atoms with van der Waals surface area (Å²) >= 11 is 0. The second-order valence-electron chi connectivity index (χ2n) is 6.45. The third kappa shape index (κ3) is 3.58. The summed E-state index contributed by atoms with van der Waals surface area (Å²) in [7, 11) is -3.54. The molecule has 1 aliphatic carbocycles. The molecule has 1 aromatic rings. The van der Waals surface area contributed by atoms with Crippen molar-refractivity contribution in [3.05, 3.63) is 29.8 Å². The van der Waals surface area contributed by atoms with E-state index >= 15 is 0 Å². The van der Waals surface area contributed by atoms with Gasteiger partial charge in [-0.15, -0.1) is 0 Å². The van der Waals surface area contributed by atoms with Gasteiger partial charge in [-0.3, -0.25) is 4.79 Å². The molecule has 126 valence electrons. The zero-order chi connectivity index (χ0) is 16.4. The number of hydrogen-bond donors (Lipinski definition) is 1. The van der Waals surface area contributed by atoms with Gasteiger partial charge in [-0.25, -0.2) is 8.42 Å². The molecule has 0 spiro atoms. The van der Waals surface area contributed by atoms with Crippen molar-refractivity contribution in [3.63, 3.8) is 0 Å². The molecule has 1 saturated heterocycles. The number of hydrogen-bond acceptors (Lipinski definition) is 3. The third-order valence-electron chi connectivity index (χ3n) is 4.66. The van der Waals surface area contributed by atoms with E-state index < -0.39 is 10.0 Å². The molecule has 1 saturated carbocycles. The Morgan fingerprint density at radius 3 is 2.74 bits per heavy atom. The molecule has 0 radical (unpaired) electrons. The van der Waals surface area contributed by atoms with E-state index in [-0.39, 0.29) is 22.9 Å². The number of amides is 1. The zero-order valence-corrected chi connectivity index (χ0v) is 14.3. The van der Waals surface area contributed by atoms with Crippen LogP contribution in [0.15, 0.2) is 29.2 Å². The first-order valence-corrected chi connectivity index (χ1v) is 9.89. The topological polar surface area (TPSA) is 66.5 Å².